The molecule has 4 atom stereocenters. The molecule has 0 bridgehead atoms. The van der Waals surface area contributed by atoms with Gasteiger partial charge in [-0.15, -0.1) is 0 Å². The molecule has 302 valence electrons. The van der Waals surface area contributed by atoms with Crippen molar-refractivity contribution < 1.29 is 28.2 Å². The summed E-state index contributed by atoms with van der Waals surface area (Å²) in [6.45, 7) is 16.1. The molecule has 0 heterocycles. The lowest BCUT2D eigenvalue weighted by atomic mass is 9.65. The van der Waals surface area contributed by atoms with Crippen molar-refractivity contribution in [3.63, 3.8) is 0 Å². The standard InChI is InChI=1S/C49H66O6Si/c1-9-21-43(38-55-56(48(4,5)6,45-24-15-11-16-25-45)46-26-17-12-18-27-46)49(47(50)52-8,32-19-20-33-53-36-42-28-30-44(51-7)31-29-42)34-39(2)40(3)35-54-37-41-22-13-10-14-23-41/h9-18,21-31,39-40,43H,19-20,32-38H2,1-8H3/b21-9+/t39-,40-,43+,49+/m0/s1. The Morgan fingerprint density at radius 2 is 1.25 bits per heavy atom. The number of carbonyl (C=O) groups is 1. The average molecular weight is 779 g/mol. The predicted octanol–water partition coefficient (Wildman–Crippen LogP) is 10.2. The summed E-state index contributed by atoms with van der Waals surface area (Å²) >= 11 is 0. The third-order valence-electron chi connectivity index (χ3n) is 11.4. The van der Waals surface area contributed by atoms with Crippen molar-refractivity contribution in [1.29, 1.82) is 0 Å². The van der Waals surface area contributed by atoms with Crippen LogP contribution in [0.3, 0.4) is 0 Å². The Morgan fingerprint density at radius 1 is 0.696 bits per heavy atom. The molecule has 0 amide bonds. The van der Waals surface area contributed by atoms with Crippen LogP contribution in [0.1, 0.15) is 78.4 Å². The second-order valence-electron chi connectivity index (χ2n) is 16.3. The minimum Gasteiger partial charge on any atom is -0.497 e. The number of hydrogen-bond acceptors (Lipinski definition) is 6. The van der Waals surface area contributed by atoms with Gasteiger partial charge in [-0.1, -0.05) is 150 Å². The molecule has 4 aromatic rings. The number of hydrogen-bond donors (Lipinski definition) is 0. The van der Waals surface area contributed by atoms with Gasteiger partial charge in [0, 0.05) is 25.7 Å². The van der Waals surface area contributed by atoms with Gasteiger partial charge in [-0.25, -0.2) is 0 Å². The maximum absolute atomic E-state index is 14.6. The van der Waals surface area contributed by atoms with E-state index in [1.807, 2.05) is 49.4 Å². The van der Waals surface area contributed by atoms with Gasteiger partial charge in [0.1, 0.15) is 5.75 Å². The van der Waals surface area contributed by atoms with Crippen LogP contribution in [0, 0.1) is 23.2 Å². The first-order chi connectivity index (χ1) is 27.0. The molecule has 0 aromatic heterocycles. The maximum Gasteiger partial charge on any atom is 0.312 e. The van der Waals surface area contributed by atoms with E-state index in [4.69, 9.17) is 23.4 Å². The van der Waals surface area contributed by atoms with Crippen LogP contribution in [0.4, 0.5) is 0 Å². The molecule has 0 saturated carbocycles. The maximum atomic E-state index is 14.6. The third kappa shape index (κ3) is 11.8. The van der Waals surface area contributed by atoms with Crippen LogP contribution in [0.5, 0.6) is 5.75 Å². The summed E-state index contributed by atoms with van der Waals surface area (Å²) in [6, 6.07) is 39.7. The highest BCUT2D eigenvalue weighted by atomic mass is 28.4. The topological polar surface area (TPSA) is 63.2 Å². The van der Waals surface area contributed by atoms with E-state index in [0.717, 1.165) is 29.7 Å². The minimum absolute atomic E-state index is 0.164. The molecule has 56 heavy (non-hydrogen) atoms. The summed E-state index contributed by atoms with van der Waals surface area (Å²) in [6.07, 6.45) is 7.17. The molecule has 6 nitrogen and oxygen atoms in total. The smallest absolute Gasteiger partial charge is 0.312 e. The Hall–Kier alpha value is -4.01. The van der Waals surface area contributed by atoms with Crippen LogP contribution in [0.25, 0.3) is 0 Å². The van der Waals surface area contributed by atoms with Gasteiger partial charge in [0.15, 0.2) is 0 Å². The van der Waals surface area contributed by atoms with E-state index < -0.39 is 13.7 Å². The first-order valence-electron chi connectivity index (χ1n) is 20.3. The van der Waals surface area contributed by atoms with Crippen LogP contribution >= 0.6 is 0 Å². The summed E-state index contributed by atoms with van der Waals surface area (Å²) in [4.78, 5) is 14.6. The van der Waals surface area contributed by atoms with E-state index in [1.54, 1.807) is 7.11 Å². The molecule has 0 N–H and O–H groups in total. The number of ether oxygens (including phenoxy) is 4. The second kappa shape index (κ2) is 22.1. The SMILES string of the molecule is C/C=C/[C@H](CO[Si](c1ccccc1)(c1ccccc1)C(C)(C)C)[C@@](CCCCOCc1ccc(OC)cc1)(C[C@H](C)[C@@H](C)COCc1ccccc1)C(=O)OC. The van der Waals surface area contributed by atoms with Crippen molar-refractivity contribution in [3.05, 3.63) is 139 Å². The van der Waals surface area contributed by atoms with Crippen LogP contribution in [-0.4, -0.2) is 48.3 Å². The third-order valence-corrected chi connectivity index (χ3v) is 16.4. The molecular weight excluding hydrogens is 713 g/mol. The van der Waals surface area contributed by atoms with Gasteiger partial charge >= 0.3 is 5.97 Å². The summed E-state index contributed by atoms with van der Waals surface area (Å²) in [5.41, 5.74) is 1.41. The van der Waals surface area contributed by atoms with Crippen LogP contribution in [0.15, 0.2) is 127 Å². The van der Waals surface area contributed by atoms with Gasteiger partial charge in [0.2, 0.25) is 0 Å². The molecule has 0 fully saturated rings. The highest BCUT2D eigenvalue weighted by Crippen LogP contribution is 2.45. The van der Waals surface area contributed by atoms with Crippen LogP contribution in [0.2, 0.25) is 5.04 Å². The van der Waals surface area contributed by atoms with Crippen molar-refractivity contribution in [1.82, 2.24) is 0 Å². The fourth-order valence-electron chi connectivity index (χ4n) is 8.02. The molecule has 4 aromatic carbocycles. The lowest BCUT2D eigenvalue weighted by Crippen LogP contribution is -2.67. The van der Waals surface area contributed by atoms with E-state index in [9.17, 15) is 4.79 Å². The number of methoxy groups -OCH3 is 2. The number of rotatable bonds is 23. The molecule has 0 spiro atoms. The molecule has 0 aliphatic heterocycles. The van der Waals surface area contributed by atoms with Crippen molar-refractivity contribution >= 4 is 24.7 Å². The largest absolute Gasteiger partial charge is 0.497 e. The van der Waals surface area contributed by atoms with Gasteiger partial charge in [0.05, 0.1) is 32.8 Å². The molecule has 0 radical (unpaired) electrons. The molecule has 0 unspecified atom stereocenters. The van der Waals surface area contributed by atoms with E-state index in [0.29, 0.717) is 45.9 Å². The van der Waals surface area contributed by atoms with Gasteiger partial charge in [0.25, 0.3) is 8.32 Å². The van der Waals surface area contributed by atoms with Crippen LogP contribution in [-0.2, 0) is 36.6 Å². The zero-order valence-electron chi connectivity index (χ0n) is 35.2. The molecular formula is C49H66O6Si. The van der Waals surface area contributed by atoms with Crippen molar-refractivity contribution in [2.45, 2.75) is 85.5 Å². The van der Waals surface area contributed by atoms with E-state index >= 15 is 0 Å². The van der Waals surface area contributed by atoms with Crippen molar-refractivity contribution in [2.24, 2.45) is 23.2 Å². The summed E-state index contributed by atoms with van der Waals surface area (Å²) < 4.78 is 31.0. The van der Waals surface area contributed by atoms with Crippen molar-refractivity contribution in [3.8, 4) is 5.75 Å². The molecule has 7 heteroatoms. The Bertz CT molecular complexity index is 1680. The number of unbranched alkanes of at least 4 members (excludes halogenated alkanes) is 1. The number of allylic oxidation sites excluding steroid dienone is 1. The molecule has 0 aliphatic rings. The molecule has 4 rings (SSSR count). The Morgan fingerprint density at radius 3 is 1.79 bits per heavy atom. The monoisotopic (exact) mass is 778 g/mol. The quantitative estimate of drug-likeness (QED) is 0.0323. The van der Waals surface area contributed by atoms with E-state index in [1.165, 1.54) is 17.5 Å². The lowest BCUT2D eigenvalue weighted by molar-refractivity contribution is -0.159. The predicted molar refractivity (Wildman–Crippen MR) is 232 cm³/mol. The highest BCUT2D eigenvalue weighted by Gasteiger charge is 2.53. The zero-order chi connectivity index (χ0) is 40.4. The van der Waals surface area contributed by atoms with Crippen molar-refractivity contribution in [2.75, 3.05) is 34.0 Å². The fourth-order valence-corrected chi connectivity index (χ4v) is 12.6. The van der Waals surface area contributed by atoms with E-state index in [2.05, 4.69) is 120 Å². The highest BCUT2D eigenvalue weighted by molar-refractivity contribution is 6.99. The number of esters is 1. The summed E-state index contributed by atoms with van der Waals surface area (Å²) in [7, 11) is 0.302. The van der Waals surface area contributed by atoms with Crippen LogP contribution < -0.4 is 15.1 Å². The normalized spacial score (nSPS) is 14.9. The van der Waals surface area contributed by atoms with Gasteiger partial charge in [-0.2, -0.15) is 0 Å². The number of carbonyl (C=O) groups excluding carboxylic acids is 1. The second-order valence-corrected chi connectivity index (χ2v) is 20.6. The molecule has 0 aliphatic carbocycles. The first kappa shape index (κ1) is 44.7. The van der Waals surface area contributed by atoms with Gasteiger partial charge in [-0.3, -0.25) is 4.79 Å². The zero-order valence-corrected chi connectivity index (χ0v) is 36.2. The molecule has 0 saturated heterocycles. The Balaban J connectivity index is 1.64. The fraction of sp³-hybridized carbons (Fsp3) is 0.449. The van der Waals surface area contributed by atoms with Gasteiger partial charge in [-0.05, 0) is 83.1 Å². The Labute approximate surface area is 338 Å². The Kier molecular flexibility index (Phi) is 17.6. The summed E-state index contributed by atoms with van der Waals surface area (Å²) in [5.74, 6) is 0.779. The minimum atomic E-state index is -2.90. The van der Waals surface area contributed by atoms with Gasteiger partial charge < -0.3 is 23.4 Å². The lowest BCUT2D eigenvalue weighted by Gasteiger charge is -2.46. The first-order valence-corrected chi connectivity index (χ1v) is 22.2. The number of benzene rings is 4. The van der Waals surface area contributed by atoms with E-state index in [-0.39, 0.29) is 28.8 Å². The average Bonchev–Trinajstić information content (AvgIpc) is 3.22. The summed E-state index contributed by atoms with van der Waals surface area (Å²) in [5, 5.41) is 2.23.